The molecular weight excluding hydrogens is 380 g/mol. The van der Waals surface area contributed by atoms with Crippen molar-refractivity contribution in [3.05, 3.63) is 48.5 Å². The first-order valence-corrected chi connectivity index (χ1v) is 10.4. The Morgan fingerprint density at radius 1 is 1.07 bits per heavy atom. The van der Waals surface area contributed by atoms with Crippen LogP contribution in [0.2, 0.25) is 0 Å². The average molecular weight is 409 g/mol. The van der Waals surface area contributed by atoms with Gasteiger partial charge in [-0.3, -0.25) is 9.59 Å². The van der Waals surface area contributed by atoms with E-state index in [0.717, 1.165) is 31.9 Å². The van der Waals surface area contributed by atoms with Gasteiger partial charge in [0.15, 0.2) is 6.10 Å². The van der Waals surface area contributed by atoms with Crippen molar-refractivity contribution in [2.24, 2.45) is 0 Å². The molecule has 0 aliphatic carbocycles. The third-order valence-electron chi connectivity index (χ3n) is 5.66. The summed E-state index contributed by atoms with van der Waals surface area (Å²) in [6.45, 7) is 6.17. The number of carbonyl (C=O) groups is 2. The molecule has 0 spiro atoms. The standard InChI is InChI=1S/C23H28N4O3/c1-17-23(29)27(20-5-3-4-6-21(20)30-17)12-11-22(28)24-18-7-9-19(10-8-18)26-15-13-25(2)14-16-26/h3-10,17H,11-16H2,1-2H3,(H,24,28). The van der Waals surface area contributed by atoms with Crippen molar-refractivity contribution >= 4 is 28.9 Å². The van der Waals surface area contributed by atoms with Gasteiger partial charge in [0.25, 0.3) is 5.91 Å². The molecule has 158 valence electrons. The van der Waals surface area contributed by atoms with Gasteiger partial charge in [-0.1, -0.05) is 12.1 Å². The molecule has 7 nitrogen and oxygen atoms in total. The maximum absolute atomic E-state index is 12.5. The van der Waals surface area contributed by atoms with Crippen molar-refractivity contribution in [2.75, 3.05) is 54.9 Å². The van der Waals surface area contributed by atoms with Crippen molar-refractivity contribution in [1.29, 1.82) is 0 Å². The molecule has 2 aromatic carbocycles. The van der Waals surface area contributed by atoms with E-state index in [9.17, 15) is 9.59 Å². The highest BCUT2D eigenvalue weighted by Crippen LogP contribution is 2.33. The molecule has 0 bridgehead atoms. The number of nitrogens with one attached hydrogen (secondary N) is 1. The molecule has 2 aromatic rings. The van der Waals surface area contributed by atoms with E-state index in [-0.39, 0.29) is 18.2 Å². The quantitative estimate of drug-likeness (QED) is 0.824. The minimum absolute atomic E-state index is 0.119. The number of benzene rings is 2. The maximum atomic E-state index is 12.5. The summed E-state index contributed by atoms with van der Waals surface area (Å²) < 4.78 is 5.65. The fourth-order valence-corrected chi connectivity index (χ4v) is 3.85. The third kappa shape index (κ3) is 4.41. The Hall–Kier alpha value is -3.06. The van der Waals surface area contributed by atoms with Gasteiger partial charge in [-0.2, -0.15) is 0 Å². The zero-order chi connectivity index (χ0) is 21.1. The number of rotatable bonds is 5. The van der Waals surface area contributed by atoms with E-state index in [0.29, 0.717) is 18.0 Å². The van der Waals surface area contributed by atoms with Gasteiger partial charge in [-0.05, 0) is 50.4 Å². The number of anilines is 3. The highest BCUT2D eigenvalue weighted by atomic mass is 16.5. The summed E-state index contributed by atoms with van der Waals surface area (Å²) in [6, 6.07) is 15.4. The Balaban J connectivity index is 1.33. The molecule has 1 N–H and O–H groups in total. The number of likely N-dealkylation sites (N-methyl/N-ethyl adjacent to an activating group) is 1. The third-order valence-corrected chi connectivity index (χ3v) is 5.66. The van der Waals surface area contributed by atoms with Gasteiger partial charge >= 0.3 is 0 Å². The minimum atomic E-state index is -0.551. The number of hydrogen-bond acceptors (Lipinski definition) is 5. The van der Waals surface area contributed by atoms with Crippen molar-refractivity contribution in [3.63, 3.8) is 0 Å². The van der Waals surface area contributed by atoms with Crippen LogP contribution in [-0.4, -0.2) is 62.6 Å². The van der Waals surface area contributed by atoms with Crippen LogP contribution in [0, 0.1) is 0 Å². The summed E-state index contributed by atoms with van der Waals surface area (Å²) >= 11 is 0. The van der Waals surface area contributed by atoms with Gasteiger partial charge in [0.1, 0.15) is 5.75 Å². The molecule has 2 aliphatic heterocycles. The van der Waals surface area contributed by atoms with Gasteiger partial charge in [-0.25, -0.2) is 0 Å². The van der Waals surface area contributed by atoms with E-state index in [2.05, 4.69) is 22.2 Å². The number of carbonyl (C=O) groups excluding carboxylic acids is 2. The fourth-order valence-electron chi connectivity index (χ4n) is 3.85. The van der Waals surface area contributed by atoms with Gasteiger partial charge in [0.05, 0.1) is 5.69 Å². The molecule has 0 saturated carbocycles. The van der Waals surface area contributed by atoms with Crippen LogP contribution >= 0.6 is 0 Å². The van der Waals surface area contributed by atoms with Crippen molar-refractivity contribution in [3.8, 4) is 5.75 Å². The smallest absolute Gasteiger partial charge is 0.267 e. The van der Waals surface area contributed by atoms with Crippen LogP contribution in [0.3, 0.4) is 0 Å². The number of nitrogens with zero attached hydrogens (tertiary/aromatic N) is 3. The molecule has 0 radical (unpaired) electrons. The molecule has 30 heavy (non-hydrogen) atoms. The zero-order valence-electron chi connectivity index (χ0n) is 17.5. The predicted octanol–water partition coefficient (Wildman–Crippen LogP) is 2.58. The molecule has 2 aliphatic rings. The lowest BCUT2D eigenvalue weighted by molar-refractivity contribution is -0.125. The van der Waals surface area contributed by atoms with E-state index >= 15 is 0 Å². The number of amides is 2. The Labute approximate surface area is 177 Å². The molecule has 4 rings (SSSR count). The first kappa shape index (κ1) is 20.2. The van der Waals surface area contributed by atoms with Crippen molar-refractivity contribution in [2.45, 2.75) is 19.4 Å². The second-order valence-electron chi connectivity index (χ2n) is 7.85. The number of piperazine rings is 1. The first-order valence-electron chi connectivity index (χ1n) is 10.4. The SMILES string of the molecule is CC1Oc2ccccc2N(CCC(=O)Nc2ccc(N3CCN(C)CC3)cc2)C1=O. The molecule has 2 heterocycles. The highest BCUT2D eigenvalue weighted by Gasteiger charge is 2.31. The molecule has 2 amide bonds. The van der Waals surface area contributed by atoms with Crippen LogP contribution in [0.4, 0.5) is 17.1 Å². The summed E-state index contributed by atoms with van der Waals surface area (Å²) in [7, 11) is 2.14. The van der Waals surface area contributed by atoms with Gasteiger partial charge in [0, 0.05) is 50.5 Å². The van der Waals surface area contributed by atoms with E-state index in [1.54, 1.807) is 11.8 Å². The normalized spacial score (nSPS) is 19.3. The molecule has 1 saturated heterocycles. The summed E-state index contributed by atoms with van der Waals surface area (Å²) in [5.41, 5.74) is 2.65. The topological polar surface area (TPSA) is 65.1 Å². The van der Waals surface area contributed by atoms with Crippen LogP contribution in [0.25, 0.3) is 0 Å². The molecular formula is C23H28N4O3. The lowest BCUT2D eigenvalue weighted by Crippen LogP contribution is -2.45. The summed E-state index contributed by atoms with van der Waals surface area (Å²) in [6.07, 6.45) is -0.336. The van der Waals surface area contributed by atoms with E-state index in [1.165, 1.54) is 5.69 Å². The second-order valence-corrected chi connectivity index (χ2v) is 7.85. The number of hydrogen-bond donors (Lipinski definition) is 1. The lowest BCUT2D eigenvalue weighted by Gasteiger charge is -2.34. The Morgan fingerprint density at radius 2 is 1.77 bits per heavy atom. The summed E-state index contributed by atoms with van der Waals surface area (Å²) in [5, 5.41) is 2.93. The number of ether oxygens (including phenoxy) is 1. The lowest BCUT2D eigenvalue weighted by atomic mass is 10.1. The van der Waals surface area contributed by atoms with Crippen LogP contribution in [0.5, 0.6) is 5.75 Å². The van der Waals surface area contributed by atoms with Gasteiger partial charge in [0.2, 0.25) is 5.91 Å². The molecule has 1 unspecified atom stereocenters. The largest absolute Gasteiger partial charge is 0.479 e. The fraction of sp³-hybridized carbons (Fsp3) is 0.391. The monoisotopic (exact) mass is 408 g/mol. The maximum Gasteiger partial charge on any atom is 0.267 e. The van der Waals surface area contributed by atoms with Crippen molar-refractivity contribution < 1.29 is 14.3 Å². The predicted molar refractivity (Wildman–Crippen MR) is 118 cm³/mol. The number of fused-ring (bicyclic) bond motifs is 1. The minimum Gasteiger partial charge on any atom is -0.479 e. The Bertz CT molecular complexity index is 907. The van der Waals surface area contributed by atoms with Gasteiger partial charge < -0.3 is 24.8 Å². The molecule has 0 aromatic heterocycles. The molecule has 1 atom stereocenters. The summed E-state index contributed by atoms with van der Waals surface area (Å²) in [4.78, 5) is 31.3. The van der Waals surface area contributed by atoms with E-state index < -0.39 is 6.10 Å². The van der Waals surface area contributed by atoms with Crippen LogP contribution in [-0.2, 0) is 9.59 Å². The summed E-state index contributed by atoms with van der Waals surface area (Å²) in [5.74, 6) is 0.425. The number of para-hydroxylation sites is 2. The highest BCUT2D eigenvalue weighted by molar-refractivity contribution is 6.00. The van der Waals surface area contributed by atoms with Crippen LogP contribution < -0.4 is 19.9 Å². The van der Waals surface area contributed by atoms with Crippen LogP contribution in [0.1, 0.15) is 13.3 Å². The first-order chi connectivity index (χ1) is 14.5. The van der Waals surface area contributed by atoms with Crippen LogP contribution in [0.15, 0.2) is 48.5 Å². The molecule has 1 fully saturated rings. The average Bonchev–Trinajstić information content (AvgIpc) is 2.75. The van der Waals surface area contributed by atoms with Gasteiger partial charge in [-0.15, -0.1) is 0 Å². The van der Waals surface area contributed by atoms with E-state index in [4.69, 9.17) is 4.74 Å². The second kappa shape index (κ2) is 8.75. The zero-order valence-corrected chi connectivity index (χ0v) is 17.5. The Morgan fingerprint density at radius 3 is 2.50 bits per heavy atom. The molecule has 7 heteroatoms. The Kier molecular flexibility index (Phi) is 5.90. The van der Waals surface area contributed by atoms with E-state index in [1.807, 2.05) is 48.5 Å². The van der Waals surface area contributed by atoms with Crippen molar-refractivity contribution in [1.82, 2.24) is 4.90 Å².